The quantitative estimate of drug-likeness (QED) is 0.0196. The third-order valence-corrected chi connectivity index (χ3v) is 12.5. The molecule has 0 radical (unpaired) electrons. The van der Waals surface area contributed by atoms with Crippen LogP contribution >= 0.6 is 0 Å². The Balaban J connectivity index is 2.35. The van der Waals surface area contributed by atoms with Gasteiger partial charge in [0.25, 0.3) is 10.1 Å². The van der Waals surface area contributed by atoms with Gasteiger partial charge in [-0.25, -0.2) is 0 Å². The van der Waals surface area contributed by atoms with Crippen molar-refractivity contribution >= 4 is 22.1 Å². The van der Waals surface area contributed by atoms with Crippen LogP contribution in [0.3, 0.4) is 0 Å². The third-order valence-electron chi connectivity index (χ3n) is 11.7. The van der Waals surface area contributed by atoms with Crippen LogP contribution in [0.5, 0.6) is 0 Å². The lowest BCUT2D eigenvalue weighted by atomic mass is 10.00. The second kappa shape index (κ2) is 41.1. The number of allylic oxidation sites excluding steroid dienone is 6. The van der Waals surface area contributed by atoms with Gasteiger partial charge >= 0.3 is 11.9 Å². The number of ether oxygens (including phenoxy) is 4. The number of aliphatic hydroxyl groups is 3. The largest absolute Gasteiger partial charge is 0.462 e. The molecule has 374 valence electrons. The summed E-state index contributed by atoms with van der Waals surface area (Å²) < 4.78 is 54.2. The highest BCUT2D eigenvalue weighted by Crippen LogP contribution is 2.24. The Morgan fingerprint density at radius 1 is 0.547 bits per heavy atom. The van der Waals surface area contributed by atoms with E-state index in [2.05, 4.69) is 50.3 Å². The Labute approximate surface area is 389 Å². The molecule has 0 aliphatic carbocycles. The van der Waals surface area contributed by atoms with Gasteiger partial charge in [-0.15, -0.1) is 0 Å². The van der Waals surface area contributed by atoms with Gasteiger partial charge in [0, 0.05) is 12.8 Å². The SMILES string of the molecule is CC/C=C\C/C=C\C/C=C\CCCCCCCC(=O)OC(COC(=O)CCCCCCCCCCCCCCCCCCCCCCC)COC1OC(CS(=O)(=O)O)C(O)C(O)C1O. The third kappa shape index (κ3) is 35.1. The lowest BCUT2D eigenvalue weighted by Crippen LogP contribution is -2.60. The van der Waals surface area contributed by atoms with E-state index < -0.39 is 71.2 Å². The van der Waals surface area contributed by atoms with Gasteiger partial charge in [0.2, 0.25) is 0 Å². The van der Waals surface area contributed by atoms with Crippen molar-refractivity contribution in [3.8, 4) is 0 Å². The fourth-order valence-electron chi connectivity index (χ4n) is 7.81. The topological polar surface area (TPSA) is 186 Å². The fraction of sp³-hybridized carbons (Fsp3) is 0.843. The van der Waals surface area contributed by atoms with Crippen LogP contribution in [-0.2, 0) is 38.7 Å². The molecule has 6 atom stereocenters. The summed E-state index contributed by atoms with van der Waals surface area (Å²) in [7, 11) is -4.61. The van der Waals surface area contributed by atoms with Crippen molar-refractivity contribution in [3.05, 3.63) is 36.5 Å². The van der Waals surface area contributed by atoms with Crippen molar-refractivity contribution in [1.29, 1.82) is 0 Å². The van der Waals surface area contributed by atoms with Crippen molar-refractivity contribution < 1.29 is 56.8 Å². The van der Waals surface area contributed by atoms with Gasteiger partial charge in [-0.3, -0.25) is 14.1 Å². The average molecular weight is 929 g/mol. The molecule has 1 fully saturated rings. The van der Waals surface area contributed by atoms with E-state index in [0.717, 1.165) is 70.6 Å². The predicted octanol–water partition coefficient (Wildman–Crippen LogP) is 11.3. The zero-order chi connectivity index (χ0) is 46.9. The first-order valence-corrected chi connectivity index (χ1v) is 27.2. The summed E-state index contributed by atoms with van der Waals surface area (Å²) in [5.74, 6) is -2.00. The maximum atomic E-state index is 12.8. The van der Waals surface area contributed by atoms with E-state index in [1.165, 1.54) is 109 Å². The summed E-state index contributed by atoms with van der Waals surface area (Å²) in [6.45, 7) is 3.66. The zero-order valence-electron chi connectivity index (χ0n) is 40.1. The number of hydrogen-bond donors (Lipinski definition) is 4. The predicted molar refractivity (Wildman–Crippen MR) is 256 cm³/mol. The minimum atomic E-state index is -4.61. The van der Waals surface area contributed by atoms with Gasteiger partial charge in [0.05, 0.1) is 6.61 Å². The number of carbonyl (C=O) groups is 2. The highest BCUT2D eigenvalue weighted by molar-refractivity contribution is 7.85. The summed E-state index contributed by atoms with van der Waals surface area (Å²) >= 11 is 0. The van der Waals surface area contributed by atoms with E-state index in [4.69, 9.17) is 18.9 Å². The van der Waals surface area contributed by atoms with E-state index >= 15 is 0 Å². The Kier molecular flexibility index (Phi) is 38.4. The molecule has 0 spiro atoms. The Bertz CT molecular complexity index is 1320. The molecule has 1 rings (SSSR count). The normalized spacial score (nSPS) is 19.9. The molecular weight excluding hydrogens is 837 g/mol. The molecule has 0 aromatic heterocycles. The fourth-order valence-corrected chi connectivity index (χ4v) is 8.50. The lowest BCUT2D eigenvalue weighted by molar-refractivity contribution is -0.297. The van der Waals surface area contributed by atoms with E-state index in [-0.39, 0.29) is 19.4 Å². The highest BCUT2D eigenvalue weighted by Gasteiger charge is 2.46. The van der Waals surface area contributed by atoms with Crippen LogP contribution < -0.4 is 0 Å². The Morgan fingerprint density at radius 3 is 1.47 bits per heavy atom. The summed E-state index contributed by atoms with van der Waals surface area (Å²) in [5.41, 5.74) is 0. The van der Waals surface area contributed by atoms with Crippen molar-refractivity contribution in [3.63, 3.8) is 0 Å². The van der Waals surface area contributed by atoms with E-state index in [1.54, 1.807) is 0 Å². The van der Waals surface area contributed by atoms with E-state index in [1.807, 2.05) is 0 Å². The summed E-state index contributed by atoms with van der Waals surface area (Å²) in [4.78, 5) is 25.5. The summed E-state index contributed by atoms with van der Waals surface area (Å²) in [6, 6.07) is 0. The van der Waals surface area contributed by atoms with Gasteiger partial charge in [-0.05, 0) is 44.9 Å². The molecule has 1 aliphatic heterocycles. The maximum absolute atomic E-state index is 12.8. The molecular formula is C51H92O12S. The van der Waals surface area contributed by atoms with Crippen molar-refractivity contribution in [1.82, 2.24) is 0 Å². The van der Waals surface area contributed by atoms with Gasteiger partial charge in [-0.2, -0.15) is 8.42 Å². The first-order valence-electron chi connectivity index (χ1n) is 25.5. The van der Waals surface area contributed by atoms with Crippen LogP contribution in [0.4, 0.5) is 0 Å². The second-order valence-electron chi connectivity index (χ2n) is 17.8. The minimum absolute atomic E-state index is 0.146. The van der Waals surface area contributed by atoms with Crippen LogP contribution in [0.15, 0.2) is 36.5 Å². The number of hydrogen-bond acceptors (Lipinski definition) is 11. The molecule has 0 amide bonds. The monoisotopic (exact) mass is 929 g/mol. The number of esters is 2. The van der Waals surface area contributed by atoms with Crippen LogP contribution in [0.1, 0.15) is 219 Å². The molecule has 13 heteroatoms. The molecule has 1 aliphatic rings. The van der Waals surface area contributed by atoms with Crippen molar-refractivity contribution in [2.45, 2.75) is 256 Å². The zero-order valence-corrected chi connectivity index (χ0v) is 41.0. The molecule has 1 heterocycles. The highest BCUT2D eigenvalue weighted by atomic mass is 32.2. The first kappa shape index (κ1) is 59.9. The smallest absolute Gasteiger partial charge is 0.306 e. The van der Waals surface area contributed by atoms with E-state index in [0.29, 0.717) is 12.8 Å². The number of aliphatic hydroxyl groups excluding tert-OH is 3. The van der Waals surface area contributed by atoms with E-state index in [9.17, 15) is 37.9 Å². The minimum Gasteiger partial charge on any atom is -0.462 e. The molecule has 4 N–H and O–H groups in total. The summed E-state index contributed by atoms with van der Waals surface area (Å²) in [5, 5.41) is 30.9. The molecule has 12 nitrogen and oxygen atoms in total. The van der Waals surface area contributed by atoms with Crippen LogP contribution in [0.2, 0.25) is 0 Å². The number of carbonyl (C=O) groups excluding carboxylic acids is 2. The van der Waals surface area contributed by atoms with Crippen LogP contribution in [-0.4, -0.2) is 96.0 Å². The Morgan fingerprint density at radius 2 is 0.984 bits per heavy atom. The second-order valence-corrected chi connectivity index (χ2v) is 19.3. The molecule has 0 bridgehead atoms. The molecule has 0 saturated carbocycles. The van der Waals surface area contributed by atoms with Gasteiger partial charge < -0.3 is 34.3 Å². The number of rotatable bonds is 43. The Hall–Kier alpha value is -2.13. The lowest BCUT2D eigenvalue weighted by Gasteiger charge is -2.40. The van der Waals surface area contributed by atoms with Gasteiger partial charge in [0.15, 0.2) is 12.4 Å². The van der Waals surface area contributed by atoms with Crippen molar-refractivity contribution in [2.75, 3.05) is 19.0 Å². The molecule has 0 aromatic carbocycles. The molecule has 64 heavy (non-hydrogen) atoms. The van der Waals surface area contributed by atoms with Crippen LogP contribution in [0.25, 0.3) is 0 Å². The molecule has 6 unspecified atom stereocenters. The molecule has 0 aromatic rings. The number of unbranched alkanes of at least 4 members (excludes halogenated alkanes) is 25. The van der Waals surface area contributed by atoms with Gasteiger partial charge in [-0.1, -0.05) is 198 Å². The first-order chi connectivity index (χ1) is 31.0. The standard InChI is InChI=1S/C51H92O12S/c1-3-5-7-9-11-13-15-17-19-20-21-22-23-24-26-27-29-31-33-35-37-39-46(52)60-41-44(42-61-51-50(56)49(55)48(54)45(63-51)43-64(57,58)59)62-47(53)40-38-36-34-32-30-28-25-18-16-14-12-10-8-6-4-2/h6,8,12,14,18,25,44-45,48-51,54-56H,3-5,7,9-11,13,15-17,19-24,26-43H2,1-2H3,(H,57,58,59)/b8-6-,14-12-,25-18-. The van der Waals surface area contributed by atoms with Crippen molar-refractivity contribution in [2.24, 2.45) is 0 Å². The van der Waals surface area contributed by atoms with Crippen LogP contribution in [0, 0.1) is 0 Å². The molecule has 1 saturated heterocycles. The average Bonchev–Trinajstić information content (AvgIpc) is 3.26. The summed E-state index contributed by atoms with van der Waals surface area (Å²) in [6.07, 6.45) is 39.1. The van der Waals surface area contributed by atoms with Gasteiger partial charge in [0.1, 0.15) is 36.8 Å². The maximum Gasteiger partial charge on any atom is 0.306 e.